The minimum absolute atomic E-state index is 0.532. The van der Waals surface area contributed by atoms with Gasteiger partial charge in [-0.25, -0.2) is 4.52 Å². The molecule has 0 N–H and O–H groups in total. The van der Waals surface area contributed by atoms with Crippen molar-refractivity contribution in [2.45, 2.75) is 5.56 Å². The Balaban J connectivity index is 2.47. The predicted molar refractivity (Wildman–Crippen MR) is 44.4 cm³/mol. The average molecular weight is 204 g/mol. The Morgan fingerprint density at radius 3 is 3.00 bits per heavy atom. The van der Waals surface area contributed by atoms with Gasteiger partial charge in [0.25, 0.3) is 0 Å². The summed E-state index contributed by atoms with van der Waals surface area (Å²) in [5, 5.41) is 0. The van der Waals surface area contributed by atoms with Crippen LogP contribution in [0.5, 0.6) is 5.75 Å². The number of benzene rings is 1. The summed E-state index contributed by atoms with van der Waals surface area (Å²) in [7, 11) is -2.10. The third-order valence-corrected chi connectivity index (χ3v) is 2.69. The van der Waals surface area contributed by atoms with Gasteiger partial charge in [0.1, 0.15) is 0 Å². The Morgan fingerprint density at radius 2 is 2.17 bits per heavy atom. The van der Waals surface area contributed by atoms with Gasteiger partial charge in [0.05, 0.1) is 0 Å². The molecule has 0 aliphatic carbocycles. The third-order valence-electron chi connectivity index (χ3n) is 1.52. The highest BCUT2D eigenvalue weighted by atomic mass is 35.5. The second-order valence-corrected chi connectivity index (χ2v) is 3.51. The van der Waals surface area contributed by atoms with E-state index in [2.05, 4.69) is 0 Å². The molecule has 62 valence electrons. The van der Waals surface area contributed by atoms with Crippen LogP contribution in [-0.4, -0.2) is 0 Å². The zero-order chi connectivity index (χ0) is 8.55. The topological polar surface area (TPSA) is 35.5 Å². The Bertz CT molecular complexity index is 328. The van der Waals surface area contributed by atoms with Crippen molar-refractivity contribution < 1.29 is 13.6 Å². The maximum atomic E-state index is 10.9. The first kappa shape index (κ1) is 7.99. The summed E-state index contributed by atoms with van der Waals surface area (Å²) in [6.45, 7) is 0. The van der Waals surface area contributed by atoms with Gasteiger partial charge in [0.2, 0.25) is 5.56 Å². The molecule has 0 radical (unpaired) electrons. The highest BCUT2D eigenvalue weighted by Crippen LogP contribution is 2.45. The van der Waals surface area contributed by atoms with Crippen LogP contribution in [0.3, 0.4) is 0 Å². The molecule has 0 spiro atoms. The van der Waals surface area contributed by atoms with Crippen LogP contribution in [0.2, 0.25) is 0 Å². The van der Waals surface area contributed by atoms with Crippen molar-refractivity contribution in [2.75, 3.05) is 0 Å². The van der Waals surface area contributed by atoms with E-state index >= 15 is 0 Å². The van der Waals surface area contributed by atoms with E-state index in [0.717, 1.165) is 0 Å². The first-order valence-electron chi connectivity index (χ1n) is 3.32. The Morgan fingerprint density at radius 1 is 1.42 bits per heavy atom. The predicted octanol–water partition coefficient (Wildman–Crippen LogP) is 2.99. The molecule has 0 saturated heterocycles. The molecule has 2 unspecified atom stereocenters. The van der Waals surface area contributed by atoms with E-state index < -0.39 is 13.8 Å². The standard InChI is InChI=1S/C7H5ClO3P/c8-7-5-3-1-2-4-6(5)10-12(9)11-7/h1-4,7H/q+1. The Hall–Kier alpha value is -0.630. The number of alkyl halides is 1. The molecule has 1 heterocycles. The maximum absolute atomic E-state index is 10.9. The number of fused-ring (bicyclic) bond motifs is 1. The van der Waals surface area contributed by atoms with E-state index in [1.54, 1.807) is 18.2 Å². The van der Waals surface area contributed by atoms with E-state index in [4.69, 9.17) is 20.6 Å². The molecule has 0 fully saturated rings. The van der Waals surface area contributed by atoms with Gasteiger partial charge in [-0.05, 0) is 6.07 Å². The van der Waals surface area contributed by atoms with Crippen LogP contribution in [-0.2, 0) is 9.09 Å². The molecule has 0 aromatic heterocycles. The van der Waals surface area contributed by atoms with Crippen molar-refractivity contribution in [1.82, 2.24) is 0 Å². The van der Waals surface area contributed by atoms with Crippen molar-refractivity contribution in [1.29, 1.82) is 0 Å². The summed E-state index contributed by atoms with van der Waals surface area (Å²) in [5.74, 6) is 0.532. The summed E-state index contributed by atoms with van der Waals surface area (Å²) in [5.41, 5.74) is 0.0485. The van der Waals surface area contributed by atoms with Crippen LogP contribution in [0.4, 0.5) is 0 Å². The summed E-state index contributed by atoms with van der Waals surface area (Å²) in [6, 6.07) is 7.09. The molecule has 1 aliphatic heterocycles. The third kappa shape index (κ3) is 1.31. The smallest absolute Gasteiger partial charge is 0.229 e. The molecule has 5 heteroatoms. The molecule has 3 nitrogen and oxygen atoms in total. The van der Waals surface area contributed by atoms with Gasteiger partial charge in [0.15, 0.2) is 5.75 Å². The molecule has 12 heavy (non-hydrogen) atoms. The van der Waals surface area contributed by atoms with E-state index in [-0.39, 0.29) is 0 Å². The van der Waals surface area contributed by atoms with Gasteiger partial charge >= 0.3 is 8.25 Å². The van der Waals surface area contributed by atoms with E-state index in [0.29, 0.717) is 11.3 Å². The summed E-state index contributed by atoms with van der Waals surface area (Å²) >= 11 is 5.76. The fourth-order valence-corrected chi connectivity index (χ4v) is 2.00. The summed E-state index contributed by atoms with van der Waals surface area (Å²) in [4.78, 5) is 0. The highest BCUT2D eigenvalue weighted by Gasteiger charge is 2.37. The van der Waals surface area contributed by atoms with Crippen molar-refractivity contribution >= 4 is 19.9 Å². The van der Waals surface area contributed by atoms with Crippen molar-refractivity contribution in [3.63, 3.8) is 0 Å². The zero-order valence-corrected chi connectivity index (χ0v) is 7.59. The summed E-state index contributed by atoms with van der Waals surface area (Å²) in [6.07, 6.45) is 0. The van der Waals surface area contributed by atoms with Crippen LogP contribution in [0.25, 0.3) is 0 Å². The van der Waals surface area contributed by atoms with Crippen LogP contribution in [0, 0.1) is 0 Å². The van der Waals surface area contributed by atoms with E-state index in [9.17, 15) is 4.57 Å². The number of hydrogen-bond acceptors (Lipinski definition) is 3. The quantitative estimate of drug-likeness (QED) is 0.480. The second kappa shape index (κ2) is 3.02. The van der Waals surface area contributed by atoms with Crippen molar-refractivity contribution in [2.24, 2.45) is 0 Å². The highest BCUT2D eigenvalue weighted by molar-refractivity contribution is 7.34. The van der Waals surface area contributed by atoms with Crippen LogP contribution >= 0.6 is 19.9 Å². The van der Waals surface area contributed by atoms with Crippen LogP contribution in [0.1, 0.15) is 11.1 Å². The number of rotatable bonds is 0. The lowest BCUT2D eigenvalue weighted by molar-refractivity contribution is 0.239. The molecule has 0 bridgehead atoms. The minimum atomic E-state index is -2.10. The Kier molecular flexibility index (Phi) is 2.01. The first-order valence-corrected chi connectivity index (χ1v) is 4.85. The van der Waals surface area contributed by atoms with E-state index in [1.165, 1.54) is 0 Å². The molecule has 1 aromatic rings. The normalized spacial score (nSPS) is 24.4. The molecular weight excluding hydrogens is 199 g/mol. The summed E-state index contributed by atoms with van der Waals surface area (Å²) < 4.78 is 20.5. The number of hydrogen-bond donors (Lipinski definition) is 0. The Labute approximate surface area is 75.2 Å². The molecule has 1 aromatic carbocycles. The second-order valence-electron chi connectivity index (χ2n) is 2.27. The van der Waals surface area contributed by atoms with Gasteiger partial charge in [-0.15, -0.1) is 0 Å². The van der Waals surface area contributed by atoms with Crippen molar-refractivity contribution in [3.8, 4) is 5.75 Å². The first-order chi connectivity index (χ1) is 5.77. The van der Waals surface area contributed by atoms with Gasteiger partial charge in [0, 0.05) is 10.1 Å². The lowest BCUT2D eigenvalue weighted by Gasteiger charge is -2.09. The molecule has 0 saturated carbocycles. The monoisotopic (exact) mass is 203 g/mol. The molecule has 1 aliphatic rings. The minimum Gasteiger partial charge on any atom is -0.229 e. The molecule has 0 amide bonds. The number of para-hydroxylation sites is 1. The fourth-order valence-electron chi connectivity index (χ4n) is 0.985. The van der Waals surface area contributed by atoms with Gasteiger partial charge < -0.3 is 0 Å². The molecule has 2 rings (SSSR count). The zero-order valence-electron chi connectivity index (χ0n) is 5.94. The lowest BCUT2D eigenvalue weighted by atomic mass is 10.2. The molecule has 2 atom stereocenters. The van der Waals surface area contributed by atoms with Gasteiger partial charge in [-0.3, -0.25) is 0 Å². The maximum Gasteiger partial charge on any atom is 0.752 e. The average Bonchev–Trinajstić information content (AvgIpc) is 2.04. The van der Waals surface area contributed by atoms with Gasteiger partial charge in [-0.1, -0.05) is 34.3 Å². The lowest BCUT2D eigenvalue weighted by Crippen LogP contribution is -2.02. The van der Waals surface area contributed by atoms with Crippen molar-refractivity contribution in [3.05, 3.63) is 29.8 Å². The van der Waals surface area contributed by atoms with Gasteiger partial charge in [-0.2, -0.15) is 0 Å². The van der Waals surface area contributed by atoms with Crippen LogP contribution < -0.4 is 4.52 Å². The van der Waals surface area contributed by atoms with E-state index in [1.807, 2.05) is 6.07 Å². The largest absolute Gasteiger partial charge is 0.752 e. The SMILES string of the molecule is O=[P+]1Oc2ccccc2C(Cl)O1. The van der Waals surface area contributed by atoms with Crippen LogP contribution in [0.15, 0.2) is 24.3 Å². The molecular formula is C7H5ClO3P+. The number of halogens is 1. The fraction of sp³-hybridized carbons (Fsp3) is 0.143.